The molecule has 1 aliphatic heterocycles. The number of aromatic amines is 1. The predicted molar refractivity (Wildman–Crippen MR) is 90.4 cm³/mol. The van der Waals surface area contributed by atoms with E-state index in [4.69, 9.17) is 0 Å². The lowest BCUT2D eigenvalue weighted by Crippen LogP contribution is -2.44. The van der Waals surface area contributed by atoms with E-state index in [0.717, 1.165) is 16.8 Å². The smallest absolute Gasteiger partial charge is 0.273 e. The molecule has 3 rings (SSSR count). The fraction of sp³-hybridized carbons (Fsp3) is 0.312. The highest BCUT2D eigenvalue weighted by Gasteiger charge is 2.35. The van der Waals surface area contributed by atoms with Gasteiger partial charge >= 0.3 is 0 Å². The average Bonchev–Trinajstić information content (AvgIpc) is 3.20. The van der Waals surface area contributed by atoms with Crippen LogP contribution >= 0.6 is 11.8 Å². The predicted octanol–water partition coefficient (Wildman–Crippen LogP) is 2.18. The van der Waals surface area contributed by atoms with Gasteiger partial charge in [0, 0.05) is 17.6 Å². The summed E-state index contributed by atoms with van der Waals surface area (Å²) < 4.78 is 0. The van der Waals surface area contributed by atoms with Gasteiger partial charge in [-0.15, -0.1) is 11.8 Å². The lowest BCUT2D eigenvalue weighted by Gasteiger charge is -2.22. The van der Waals surface area contributed by atoms with E-state index in [0.29, 0.717) is 17.3 Å². The Morgan fingerprint density at radius 2 is 2.17 bits per heavy atom. The number of anilines is 1. The van der Waals surface area contributed by atoms with Gasteiger partial charge in [-0.2, -0.15) is 5.10 Å². The first kappa shape index (κ1) is 15.6. The second-order valence-corrected chi connectivity index (χ2v) is 6.57. The summed E-state index contributed by atoms with van der Waals surface area (Å²) in [4.78, 5) is 26.6. The summed E-state index contributed by atoms with van der Waals surface area (Å²) in [7, 11) is 0. The van der Waals surface area contributed by atoms with Crippen LogP contribution in [0.3, 0.4) is 0 Å². The van der Waals surface area contributed by atoms with E-state index >= 15 is 0 Å². The van der Waals surface area contributed by atoms with Crippen LogP contribution in [0.25, 0.3) is 0 Å². The molecule has 0 bridgehead atoms. The summed E-state index contributed by atoms with van der Waals surface area (Å²) in [5.41, 5.74) is 3.34. The third-order valence-corrected chi connectivity index (χ3v) is 4.83. The number of benzene rings is 1. The molecule has 1 atom stereocenters. The molecule has 7 heteroatoms. The number of rotatable bonds is 3. The highest BCUT2D eigenvalue weighted by molar-refractivity contribution is 7.99. The fourth-order valence-electron chi connectivity index (χ4n) is 2.56. The number of thioether (sulfide) groups is 1. The lowest BCUT2D eigenvalue weighted by atomic mass is 10.1. The van der Waals surface area contributed by atoms with Gasteiger partial charge in [0.05, 0.1) is 5.88 Å². The quantitative estimate of drug-likeness (QED) is 0.904. The van der Waals surface area contributed by atoms with E-state index < -0.39 is 6.04 Å². The van der Waals surface area contributed by atoms with E-state index in [1.165, 1.54) is 6.20 Å². The number of H-pyrrole nitrogens is 1. The number of nitrogens with zero attached hydrogens (tertiary/aromatic N) is 2. The van der Waals surface area contributed by atoms with Crippen molar-refractivity contribution in [2.75, 3.05) is 16.9 Å². The molecule has 1 aromatic heterocycles. The standard InChI is InChI=1S/C16H18N4O2S/c1-10-3-4-12(11(2)7-10)18-15(21)14-8-23-9-20(14)16(22)13-5-6-17-19-13/h3-7,14H,8-9H2,1-2H3,(H,17,19)(H,18,21)/t14-/m0/s1. The van der Waals surface area contributed by atoms with E-state index in [1.807, 2.05) is 32.0 Å². The first-order valence-corrected chi connectivity index (χ1v) is 8.48. The van der Waals surface area contributed by atoms with E-state index in [1.54, 1.807) is 22.7 Å². The summed E-state index contributed by atoms with van der Waals surface area (Å²) in [5.74, 6) is 0.738. The van der Waals surface area contributed by atoms with Crippen LogP contribution in [0.4, 0.5) is 5.69 Å². The van der Waals surface area contributed by atoms with Gasteiger partial charge in [0.2, 0.25) is 5.91 Å². The van der Waals surface area contributed by atoms with Crippen molar-refractivity contribution in [3.8, 4) is 0 Å². The van der Waals surface area contributed by atoms with Gasteiger partial charge in [-0.1, -0.05) is 17.7 Å². The van der Waals surface area contributed by atoms with Gasteiger partial charge in [-0.25, -0.2) is 0 Å². The average molecular weight is 330 g/mol. The molecule has 0 spiro atoms. The Hall–Kier alpha value is -2.28. The molecule has 0 aliphatic carbocycles. The molecule has 1 saturated heterocycles. The Kier molecular flexibility index (Phi) is 4.38. The number of carbonyl (C=O) groups is 2. The Labute approximate surface area is 138 Å². The Morgan fingerprint density at radius 3 is 2.87 bits per heavy atom. The van der Waals surface area contributed by atoms with Crippen LogP contribution in [0.1, 0.15) is 21.6 Å². The summed E-state index contributed by atoms with van der Waals surface area (Å²) >= 11 is 1.57. The molecular weight excluding hydrogens is 312 g/mol. The van der Waals surface area contributed by atoms with E-state index in [2.05, 4.69) is 15.5 Å². The highest BCUT2D eigenvalue weighted by atomic mass is 32.2. The van der Waals surface area contributed by atoms with Crippen LogP contribution in [0, 0.1) is 13.8 Å². The molecule has 1 fully saturated rings. The third kappa shape index (κ3) is 3.24. The lowest BCUT2D eigenvalue weighted by molar-refractivity contribution is -0.119. The number of carbonyl (C=O) groups excluding carboxylic acids is 2. The summed E-state index contributed by atoms with van der Waals surface area (Å²) in [6, 6.07) is 7.01. The van der Waals surface area contributed by atoms with E-state index in [9.17, 15) is 9.59 Å². The summed E-state index contributed by atoms with van der Waals surface area (Å²) in [6.07, 6.45) is 1.53. The molecule has 0 radical (unpaired) electrons. The maximum absolute atomic E-state index is 12.6. The van der Waals surface area contributed by atoms with Gasteiger partial charge in [0.15, 0.2) is 0 Å². The monoisotopic (exact) mass is 330 g/mol. The first-order valence-electron chi connectivity index (χ1n) is 7.32. The van der Waals surface area contributed by atoms with E-state index in [-0.39, 0.29) is 11.8 Å². The molecule has 0 saturated carbocycles. The molecule has 1 aromatic carbocycles. The SMILES string of the molecule is Cc1ccc(NC(=O)[C@@H]2CSCN2C(=O)c2ccn[nH]2)c(C)c1. The Morgan fingerprint density at radius 1 is 1.35 bits per heavy atom. The van der Waals surface area contributed by atoms with Crippen molar-refractivity contribution in [2.45, 2.75) is 19.9 Å². The molecule has 23 heavy (non-hydrogen) atoms. The first-order chi connectivity index (χ1) is 11.1. The van der Waals surface area contributed by atoms with Crippen LogP contribution in [-0.4, -0.2) is 44.6 Å². The zero-order valence-electron chi connectivity index (χ0n) is 13.0. The Bertz CT molecular complexity index is 730. The van der Waals surface area contributed by atoms with Crippen molar-refractivity contribution in [1.82, 2.24) is 15.1 Å². The van der Waals surface area contributed by atoms with Crippen LogP contribution in [0.15, 0.2) is 30.5 Å². The normalized spacial score (nSPS) is 17.3. The largest absolute Gasteiger partial charge is 0.324 e. The molecule has 2 amide bonds. The molecule has 2 aromatic rings. The zero-order chi connectivity index (χ0) is 16.4. The van der Waals surface area contributed by atoms with Crippen molar-refractivity contribution < 1.29 is 9.59 Å². The molecule has 0 unspecified atom stereocenters. The topological polar surface area (TPSA) is 78.1 Å². The second kappa shape index (κ2) is 6.45. The number of hydrogen-bond acceptors (Lipinski definition) is 4. The van der Waals surface area contributed by atoms with Crippen molar-refractivity contribution in [3.05, 3.63) is 47.3 Å². The summed E-state index contributed by atoms with van der Waals surface area (Å²) in [5, 5.41) is 9.39. The molecule has 1 aliphatic rings. The number of aryl methyl sites for hydroxylation is 2. The molecular formula is C16H18N4O2S. The number of amides is 2. The van der Waals surface area contributed by atoms with Gasteiger partial charge in [0.25, 0.3) is 5.91 Å². The van der Waals surface area contributed by atoms with Gasteiger partial charge in [-0.3, -0.25) is 14.7 Å². The third-order valence-electron chi connectivity index (χ3n) is 3.82. The minimum absolute atomic E-state index is 0.158. The van der Waals surface area contributed by atoms with Gasteiger partial charge in [-0.05, 0) is 31.5 Å². The number of aromatic nitrogens is 2. The van der Waals surface area contributed by atoms with Crippen LogP contribution in [0.5, 0.6) is 0 Å². The zero-order valence-corrected chi connectivity index (χ0v) is 13.8. The van der Waals surface area contributed by atoms with Gasteiger partial charge < -0.3 is 10.2 Å². The van der Waals surface area contributed by atoms with Crippen molar-refractivity contribution >= 4 is 29.3 Å². The van der Waals surface area contributed by atoms with Crippen molar-refractivity contribution in [1.29, 1.82) is 0 Å². The highest BCUT2D eigenvalue weighted by Crippen LogP contribution is 2.24. The minimum atomic E-state index is -0.475. The Balaban J connectivity index is 1.74. The molecule has 2 N–H and O–H groups in total. The maximum Gasteiger partial charge on any atom is 0.273 e. The van der Waals surface area contributed by atoms with Crippen molar-refractivity contribution in [2.24, 2.45) is 0 Å². The van der Waals surface area contributed by atoms with Crippen LogP contribution in [0.2, 0.25) is 0 Å². The fourth-order valence-corrected chi connectivity index (χ4v) is 3.71. The van der Waals surface area contributed by atoms with Crippen LogP contribution in [-0.2, 0) is 4.79 Å². The number of hydrogen-bond donors (Lipinski definition) is 2. The summed E-state index contributed by atoms with van der Waals surface area (Å²) in [6.45, 7) is 3.97. The molecule has 2 heterocycles. The minimum Gasteiger partial charge on any atom is -0.324 e. The van der Waals surface area contributed by atoms with Crippen molar-refractivity contribution in [3.63, 3.8) is 0 Å². The second-order valence-electron chi connectivity index (χ2n) is 5.57. The molecule has 120 valence electrons. The van der Waals surface area contributed by atoms with Crippen LogP contribution < -0.4 is 5.32 Å². The number of nitrogens with one attached hydrogen (secondary N) is 2. The molecule has 6 nitrogen and oxygen atoms in total. The maximum atomic E-state index is 12.6. The van der Waals surface area contributed by atoms with Gasteiger partial charge in [0.1, 0.15) is 11.7 Å².